The number of fused-ring (bicyclic) bond motifs is 5. The number of benzene rings is 4. The second kappa shape index (κ2) is 5.61. The predicted molar refractivity (Wildman–Crippen MR) is 122 cm³/mol. The zero-order valence-electron chi connectivity index (χ0n) is 17.4. The van der Waals surface area contributed by atoms with Crippen molar-refractivity contribution in [3.8, 4) is 0 Å². The Morgan fingerprint density at radius 2 is 1.21 bits per heavy atom. The zero-order chi connectivity index (χ0) is 19.7. The van der Waals surface area contributed by atoms with E-state index in [4.69, 9.17) is 0 Å². The van der Waals surface area contributed by atoms with Crippen molar-refractivity contribution in [2.75, 3.05) is 11.9 Å². The van der Waals surface area contributed by atoms with Crippen molar-refractivity contribution >= 4 is 32.9 Å². The molecule has 0 aliphatic carbocycles. The third-order valence-electron chi connectivity index (χ3n) is 7.35. The van der Waals surface area contributed by atoms with Gasteiger partial charge in [0.15, 0.2) is 0 Å². The summed E-state index contributed by atoms with van der Waals surface area (Å²) in [5, 5.41) is 5.29. The van der Waals surface area contributed by atoms with Crippen LogP contribution in [-0.4, -0.2) is 7.05 Å². The number of rotatable bonds is 0. The molecule has 1 heterocycles. The van der Waals surface area contributed by atoms with Gasteiger partial charge in [-0.25, -0.2) is 0 Å². The van der Waals surface area contributed by atoms with Crippen molar-refractivity contribution in [2.24, 2.45) is 0 Å². The van der Waals surface area contributed by atoms with Crippen LogP contribution in [0.5, 0.6) is 0 Å². The molecular formula is C27H27N. The Bertz CT molecular complexity index is 1230. The molecule has 5 rings (SSSR count). The first-order valence-electron chi connectivity index (χ1n) is 10.1. The smallest absolute Gasteiger partial charge is 0.0453 e. The fourth-order valence-corrected chi connectivity index (χ4v) is 4.98. The standard InChI is InChI=1S/C27H27N/c1-26(2)22-16-19-11-6-7-12-20(19)17-24(22)28(5)23-15-14-18-10-8-9-13-21(18)25(23)27(26,3)4/h6-17H,1-5H3. The first-order valence-corrected chi connectivity index (χ1v) is 10.1. The second-order valence-corrected chi connectivity index (χ2v) is 9.21. The monoisotopic (exact) mass is 365 g/mol. The highest BCUT2D eigenvalue weighted by molar-refractivity contribution is 5.96. The van der Waals surface area contributed by atoms with Gasteiger partial charge in [-0.3, -0.25) is 0 Å². The number of nitrogens with zero attached hydrogens (tertiary/aromatic N) is 1. The van der Waals surface area contributed by atoms with Gasteiger partial charge in [-0.1, -0.05) is 82.3 Å². The van der Waals surface area contributed by atoms with Gasteiger partial charge in [0.2, 0.25) is 0 Å². The summed E-state index contributed by atoms with van der Waals surface area (Å²) in [6.07, 6.45) is 0. The molecule has 1 aliphatic rings. The SMILES string of the molecule is CN1c2cc3ccccc3cc2C(C)(C)C(C)(C)c2c1ccc1ccccc21. The van der Waals surface area contributed by atoms with Crippen LogP contribution in [-0.2, 0) is 10.8 Å². The molecule has 0 radical (unpaired) electrons. The molecule has 1 heteroatoms. The van der Waals surface area contributed by atoms with E-state index in [1.165, 1.54) is 44.0 Å². The van der Waals surface area contributed by atoms with Gasteiger partial charge in [0.05, 0.1) is 0 Å². The topological polar surface area (TPSA) is 3.24 Å². The van der Waals surface area contributed by atoms with E-state index < -0.39 is 0 Å². The van der Waals surface area contributed by atoms with Crippen molar-refractivity contribution in [3.63, 3.8) is 0 Å². The molecule has 0 saturated carbocycles. The molecule has 1 nitrogen and oxygen atoms in total. The minimum absolute atomic E-state index is 0.0317. The van der Waals surface area contributed by atoms with Gasteiger partial charge in [-0.2, -0.15) is 0 Å². The van der Waals surface area contributed by atoms with Crippen molar-refractivity contribution < 1.29 is 0 Å². The molecule has 0 spiro atoms. The molecule has 28 heavy (non-hydrogen) atoms. The fraction of sp³-hybridized carbons (Fsp3) is 0.259. The van der Waals surface area contributed by atoms with Crippen LogP contribution in [0.15, 0.2) is 72.8 Å². The average molecular weight is 366 g/mol. The summed E-state index contributed by atoms with van der Waals surface area (Å²) in [7, 11) is 2.22. The van der Waals surface area contributed by atoms with E-state index in [0.29, 0.717) is 0 Å². The van der Waals surface area contributed by atoms with Crippen LogP contribution in [0.25, 0.3) is 21.5 Å². The first-order chi connectivity index (χ1) is 13.3. The van der Waals surface area contributed by atoms with Gasteiger partial charge in [-0.05, 0) is 50.9 Å². The molecule has 140 valence electrons. The summed E-state index contributed by atoms with van der Waals surface area (Å²) < 4.78 is 0. The molecule has 0 bridgehead atoms. The van der Waals surface area contributed by atoms with E-state index >= 15 is 0 Å². The lowest BCUT2D eigenvalue weighted by molar-refractivity contribution is 0.309. The Hall–Kier alpha value is -2.80. The van der Waals surface area contributed by atoms with Crippen LogP contribution < -0.4 is 4.90 Å². The quantitative estimate of drug-likeness (QED) is 0.315. The minimum Gasteiger partial charge on any atom is -0.344 e. The molecule has 0 fully saturated rings. The van der Waals surface area contributed by atoms with Crippen LogP contribution in [0.4, 0.5) is 11.4 Å². The Kier molecular flexibility index (Phi) is 3.47. The minimum atomic E-state index is -0.0365. The normalized spacial score (nSPS) is 17.2. The lowest BCUT2D eigenvalue weighted by atomic mass is 9.60. The highest BCUT2D eigenvalue weighted by Crippen LogP contribution is 2.55. The molecule has 0 saturated heterocycles. The maximum Gasteiger partial charge on any atom is 0.0453 e. The molecule has 1 aliphatic heterocycles. The Morgan fingerprint density at radius 3 is 1.93 bits per heavy atom. The summed E-state index contributed by atoms with van der Waals surface area (Å²) >= 11 is 0. The van der Waals surface area contributed by atoms with E-state index in [9.17, 15) is 0 Å². The number of anilines is 2. The van der Waals surface area contributed by atoms with Gasteiger partial charge >= 0.3 is 0 Å². The van der Waals surface area contributed by atoms with Crippen molar-refractivity contribution in [3.05, 3.63) is 83.9 Å². The Balaban J connectivity index is 1.94. The van der Waals surface area contributed by atoms with Gasteiger partial charge in [-0.15, -0.1) is 0 Å². The summed E-state index contributed by atoms with van der Waals surface area (Å²) in [5.41, 5.74) is 5.41. The van der Waals surface area contributed by atoms with E-state index in [2.05, 4.69) is 112 Å². The summed E-state index contributed by atoms with van der Waals surface area (Å²) in [6, 6.07) is 26.9. The van der Waals surface area contributed by atoms with E-state index in [1.54, 1.807) is 0 Å². The first kappa shape index (κ1) is 17.3. The maximum atomic E-state index is 2.41. The molecule has 0 amide bonds. The van der Waals surface area contributed by atoms with Gasteiger partial charge < -0.3 is 4.90 Å². The van der Waals surface area contributed by atoms with Gasteiger partial charge in [0, 0.05) is 29.3 Å². The molecule has 0 N–H and O–H groups in total. The second-order valence-electron chi connectivity index (χ2n) is 9.21. The van der Waals surface area contributed by atoms with Crippen molar-refractivity contribution in [1.82, 2.24) is 0 Å². The molecule has 4 aromatic rings. The van der Waals surface area contributed by atoms with E-state index in [1.807, 2.05) is 0 Å². The molecule has 0 unspecified atom stereocenters. The predicted octanol–water partition coefficient (Wildman–Crippen LogP) is 7.33. The van der Waals surface area contributed by atoms with Crippen molar-refractivity contribution in [2.45, 2.75) is 38.5 Å². The summed E-state index contributed by atoms with van der Waals surface area (Å²) in [6.45, 7) is 9.64. The van der Waals surface area contributed by atoms with Gasteiger partial charge in [0.25, 0.3) is 0 Å². The third-order valence-corrected chi connectivity index (χ3v) is 7.35. The molecule has 4 aromatic carbocycles. The van der Waals surface area contributed by atoms with Crippen molar-refractivity contribution in [1.29, 1.82) is 0 Å². The maximum absolute atomic E-state index is 2.41. The Labute approximate surface area is 167 Å². The fourth-order valence-electron chi connectivity index (χ4n) is 4.98. The number of hydrogen-bond donors (Lipinski definition) is 0. The summed E-state index contributed by atoms with van der Waals surface area (Å²) in [5.74, 6) is 0. The van der Waals surface area contributed by atoms with Gasteiger partial charge in [0.1, 0.15) is 0 Å². The largest absolute Gasteiger partial charge is 0.344 e. The molecular weight excluding hydrogens is 338 g/mol. The van der Waals surface area contributed by atoms with Crippen LogP contribution in [0.3, 0.4) is 0 Å². The van der Waals surface area contributed by atoms with E-state index in [-0.39, 0.29) is 10.8 Å². The summed E-state index contributed by atoms with van der Waals surface area (Å²) in [4.78, 5) is 2.40. The van der Waals surface area contributed by atoms with Crippen LogP contribution in [0.1, 0.15) is 38.8 Å². The van der Waals surface area contributed by atoms with E-state index in [0.717, 1.165) is 0 Å². The molecule has 0 aromatic heterocycles. The van der Waals surface area contributed by atoms with Crippen LogP contribution in [0.2, 0.25) is 0 Å². The lowest BCUT2D eigenvalue weighted by Crippen LogP contribution is -2.39. The number of hydrogen-bond acceptors (Lipinski definition) is 1. The lowest BCUT2D eigenvalue weighted by Gasteiger charge is -2.42. The third kappa shape index (κ3) is 2.13. The highest BCUT2D eigenvalue weighted by Gasteiger charge is 2.46. The van der Waals surface area contributed by atoms with Crippen LogP contribution >= 0.6 is 0 Å². The van der Waals surface area contributed by atoms with Crippen LogP contribution in [0, 0.1) is 0 Å². The Morgan fingerprint density at radius 1 is 0.607 bits per heavy atom. The molecule has 0 atom stereocenters. The highest BCUT2D eigenvalue weighted by atomic mass is 15.1. The zero-order valence-corrected chi connectivity index (χ0v) is 17.4. The average Bonchev–Trinajstić information content (AvgIpc) is 2.74.